The highest BCUT2D eigenvalue weighted by Crippen LogP contribution is 2.26. The Morgan fingerprint density at radius 3 is 2.65 bits per heavy atom. The SMILES string of the molecule is CC(C)(C)Cn1c(CCl)nc2ccc(Br)cc21. The molecule has 0 amide bonds. The summed E-state index contributed by atoms with van der Waals surface area (Å²) in [6.45, 7) is 7.57. The van der Waals surface area contributed by atoms with E-state index in [0.29, 0.717) is 5.88 Å². The Kier molecular flexibility index (Phi) is 3.50. The van der Waals surface area contributed by atoms with Crippen molar-refractivity contribution in [2.24, 2.45) is 5.41 Å². The van der Waals surface area contributed by atoms with Crippen LogP contribution in [-0.4, -0.2) is 9.55 Å². The largest absolute Gasteiger partial charge is 0.326 e. The number of rotatable bonds is 2. The molecule has 17 heavy (non-hydrogen) atoms. The average molecular weight is 316 g/mol. The van der Waals surface area contributed by atoms with Gasteiger partial charge in [0.1, 0.15) is 5.82 Å². The second-order valence-electron chi connectivity index (χ2n) is 5.44. The van der Waals surface area contributed by atoms with Crippen molar-refractivity contribution in [3.05, 3.63) is 28.5 Å². The Bertz CT molecular complexity index is 540. The second kappa shape index (κ2) is 4.62. The molecular formula is C13H16BrClN2. The van der Waals surface area contributed by atoms with Crippen molar-refractivity contribution in [1.29, 1.82) is 0 Å². The Morgan fingerprint density at radius 1 is 1.35 bits per heavy atom. The van der Waals surface area contributed by atoms with Crippen molar-refractivity contribution in [3.63, 3.8) is 0 Å². The van der Waals surface area contributed by atoms with Gasteiger partial charge in [-0.2, -0.15) is 0 Å². The third-order valence-electron chi connectivity index (χ3n) is 2.54. The van der Waals surface area contributed by atoms with Crippen molar-refractivity contribution in [3.8, 4) is 0 Å². The minimum atomic E-state index is 0.205. The Balaban J connectivity index is 2.60. The third-order valence-corrected chi connectivity index (χ3v) is 3.27. The topological polar surface area (TPSA) is 17.8 Å². The standard InChI is InChI=1S/C13H16BrClN2/c1-13(2,3)8-17-11-6-9(14)4-5-10(11)16-12(17)7-15/h4-6H,7-8H2,1-3H3. The minimum absolute atomic E-state index is 0.205. The van der Waals surface area contributed by atoms with Crippen molar-refractivity contribution < 1.29 is 0 Å². The van der Waals surface area contributed by atoms with Gasteiger partial charge in [0.2, 0.25) is 0 Å². The zero-order valence-corrected chi connectivity index (χ0v) is 12.6. The maximum absolute atomic E-state index is 5.98. The van der Waals surface area contributed by atoms with Crippen LogP contribution in [0.1, 0.15) is 26.6 Å². The van der Waals surface area contributed by atoms with Crippen molar-refractivity contribution in [1.82, 2.24) is 9.55 Å². The predicted molar refractivity (Wildman–Crippen MR) is 76.4 cm³/mol. The molecule has 0 aliphatic carbocycles. The first-order chi connectivity index (χ1) is 7.90. The van der Waals surface area contributed by atoms with Crippen LogP contribution in [0, 0.1) is 5.41 Å². The van der Waals surface area contributed by atoms with E-state index in [2.05, 4.69) is 52.3 Å². The third kappa shape index (κ3) is 2.83. The van der Waals surface area contributed by atoms with E-state index in [-0.39, 0.29) is 5.41 Å². The number of alkyl halides is 1. The van der Waals surface area contributed by atoms with Gasteiger partial charge in [0, 0.05) is 11.0 Å². The number of halogens is 2. The van der Waals surface area contributed by atoms with Gasteiger partial charge < -0.3 is 4.57 Å². The fourth-order valence-corrected chi connectivity index (χ4v) is 2.45. The van der Waals surface area contributed by atoms with Crippen LogP contribution in [0.3, 0.4) is 0 Å². The van der Waals surface area contributed by atoms with Crippen LogP contribution in [0.15, 0.2) is 22.7 Å². The van der Waals surface area contributed by atoms with E-state index in [1.807, 2.05) is 12.1 Å². The van der Waals surface area contributed by atoms with E-state index >= 15 is 0 Å². The van der Waals surface area contributed by atoms with E-state index in [9.17, 15) is 0 Å². The first-order valence-corrected chi connectivity index (χ1v) is 6.94. The number of nitrogens with zero attached hydrogens (tertiary/aromatic N) is 2. The number of fused-ring (bicyclic) bond motifs is 1. The normalized spacial score (nSPS) is 12.3. The van der Waals surface area contributed by atoms with Crippen LogP contribution < -0.4 is 0 Å². The van der Waals surface area contributed by atoms with Crippen LogP contribution >= 0.6 is 27.5 Å². The molecular weight excluding hydrogens is 300 g/mol. The van der Waals surface area contributed by atoms with E-state index < -0.39 is 0 Å². The van der Waals surface area contributed by atoms with Crippen LogP contribution in [0.5, 0.6) is 0 Å². The lowest BCUT2D eigenvalue weighted by molar-refractivity contribution is 0.344. The first-order valence-electron chi connectivity index (χ1n) is 5.61. The molecule has 1 heterocycles. The number of imidazole rings is 1. The molecule has 2 rings (SSSR count). The second-order valence-corrected chi connectivity index (χ2v) is 6.62. The van der Waals surface area contributed by atoms with Crippen molar-refractivity contribution in [2.45, 2.75) is 33.2 Å². The summed E-state index contributed by atoms with van der Waals surface area (Å²) < 4.78 is 3.29. The van der Waals surface area contributed by atoms with Crippen LogP contribution in [0.25, 0.3) is 11.0 Å². The maximum atomic E-state index is 5.98. The molecule has 92 valence electrons. The lowest BCUT2D eigenvalue weighted by atomic mass is 9.97. The van der Waals surface area contributed by atoms with Gasteiger partial charge in [0.15, 0.2) is 0 Å². The molecule has 0 bridgehead atoms. The minimum Gasteiger partial charge on any atom is -0.326 e. The van der Waals surface area contributed by atoms with E-state index in [1.165, 1.54) is 0 Å². The highest BCUT2D eigenvalue weighted by atomic mass is 79.9. The van der Waals surface area contributed by atoms with Gasteiger partial charge in [-0.3, -0.25) is 0 Å². The molecule has 0 aliphatic heterocycles. The number of aromatic nitrogens is 2. The number of benzene rings is 1. The summed E-state index contributed by atoms with van der Waals surface area (Å²) in [4.78, 5) is 4.57. The number of hydrogen-bond donors (Lipinski definition) is 0. The first kappa shape index (κ1) is 12.9. The van der Waals surface area contributed by atoms with Gasteiger partial charge in [0.25, 0.3) is 0 Å². The zero-order chi connectivity index (χ0) is 12.6. The molecule has 2 nitrogen and oxygen atoms in total. The summed E-state index contributed by atoms with van der Waals surface area (Å²) in [5, 5.41) is 0. The van der Waals surface area contributed by atoms with Crippen LogP contribution in [0.4, 0.5) is 0 Å². The van der Waals surface area contributed by atoms with Gasteiger partial charge in [-0.05, 0) is 23.6 Å². The monoisotopic (exact) mass is 314 g/mol. The summed E-state index contributed by atoms with van der Waals surface area (Å²) in [6, 6.07) is 6.13. The summed E-state index contributed by atoms with van der Waals surface area (Å²) in [6.07, 6.45) is 0. The Hall–Kier alpha value is -0.540. The fraction of sp³-hybridized carbons (Fsp3) is 0.462. The lowest BCUT2D eigenvalue weighted by Gasteiger charge is -2.20. The smallest absolute Gasteiger partial charge is 0.124 e. The highest BCUT2D eigenvalue weighted by molar-refractivity contribution is 9.10. The molecule has 0 atom stereocenters. The zero-order valence-electron chi connectivity index (χ0n) is 10.3. The van der Waals surface area contributed by atoms with Gasteiger partial charge >= 0.3 is 0 Å². The van der Waals surface area contributed by atoms with Crippen LogP contribution in [-0.2, 0) is 12.4 Å². The van der Waals surface area contributed by atoms with E-state index in [4.69, 9.17) is 11.6 Å². The molecule has 0 N–H and O–H groups in total. The molecule has 2 aromatic rings. The fourth-order valence-electron chi connectivity index (χ4n) is 1.90. The van der Waals surface area contributed by atoms with Gasteiger partial charge in [-0.15, -0.1) is 11.6 Å². The van der Waals surface area contributed by atoms with Crippen LogP contribution in [0.2, 0.25) is 0 Å². The molecule has 0 unspecified atom stereocenters. The van der Waals surface area contributed by atoms with E-state index in [0.717, 1.165) is 27.9 Å². The molecule has 0 saturated carbocycles. The Morgan fingerprint density at radius 2 is 2.06 bits per heavy atom. The quantitative estimate of drug-likeness (QED) is 0.742. The van der Waals surface area contributed by atoms with Gasteiger partial charge in [0.05, 0.1) is 16.9 Å². The van der Waals surface area contributed by atoms with Gasteiger partial charge in [-0.25, -0.2) is 4.98 Å². The number of hydrogen-bond acceptors (Lipinski definition) is 1. The van der Waals surface area contributed by atoms with Gasteiger partial charge in [-0.1, -0.05) is 36.7 Å². The summed E-state index contributed by atoms with van der Waals surface area (Å²) in [5.74, 6) is 1.39. The predicted octanol–water partition coefficient (Wildman–Crippen LogP) is 4.58. The molecule has 1 aromatic heterocycles. The summed E-state index contributed by atoms with van der Waals surface area (Å²) in [7, 11) is 0. The Labute approximate surface area is 115 Å². The molecule has 0 aliphatic rings. The molecule has 0 fully saturated rings. The summed E-state index contributed by atoms with van der Waals surface area (Å²) >= 11 is 9.48. The molecule has 0 radical (unpaired) electrons. The summed E-state index contributed by atoms with van der Waals surface area (Å²) in [5.41, 5.74) is 2.36. The molecule has 0 spiro atoms. The maximum Gasteiger partial charge on any atom is 0.124 e. The molecule has 1 aromatic carbocycles. The lowest BCUT2D eigenvalue weighted by Crippen LogP contribution is -2.17. The molecule has 4 heteroatoms. The van der Waals surface area contributed by atoms with Crippen molar-refractivity contribution in [2.75, 3.05) is 0 Å². The average Bonchev–Trinajstić information content (AvgIpc) is 2.54. The van der Waals surface area contributed by atoms with Crippen molar-refractivity contribution >= 4 is 38.6 Å². The molecule has 0 saturated heterocycles. The highest BCUT2D eigenvalue weighted by Gasteiger charge is 2.17. The van der Waals surface area contributed by atoms with E-state index in [1.54, 1.807) is 0 Å².